The molecule has 1 N–H and O–H groups in total. The van der Waals surface area contributed by atoms with E-state index in [1.165, 1.54) is 5.56 Å². The van der Waals surface area contributed by atoms with E-state index in [9.17, 15) is 4.79 Å². The molecule has 0 bridgehead atoms. The van der Waals surface area contributed by atoms with E-state index < -0.39 is 0 Å². The van der Waals surface area contributed by atoms with Crippen LogP contribution in [0.1, 0.15) is 38.7 Å². The average molecular weight is 274 g/mol. The summed E-state index contributed by atoms with van der Waals surface area (Å²) in [4.78, 5) is 15.1. The van der Waals surface area contributed by atoms with Crippen LogP contribution in [0.5, 0.6) is 0 Å². The number of benzene rings is 1. The van der Waals surface area contributed by atoms with Gasteiger partial charge in [-0.1, -0.05) is 37.3 Å². The summed E-state index contributed by atoms with van der Waals surface area (Å²) in [5, 5.41) is 3.38. The zero-order valence-corrected chi connectivity index (χ0v) is 12.9. The number of piperidine rings is 1. The summed E-state index contributed by atoms with van der Waals surface area (Å²) >= 11 is 0. The topological polar surface area (TPSA) is 32.3 Å². The van der Waals surface area contributed by atoms with Gasteiger partial charge in [0.15, 0.2) is 0 Å². The summed E-state index contributed by atoms with van der Waals surface area (Å²) in [6, 6.07) is 10.6. The van der Waals surface area contributed by atoms with Crippen LogP contribution in [0.15, 0.2) is 30.3 Å². The van der Waals surface area contributed by atoms with E-state index >= 15 is 0 Å². The average Bonchev–Trinajstić information content (AvgIpc) is 2.54. The molecule has 1 aromatic rings. The number of carbonyl (C=O) groups excluding carboxylic acids is 1. The van der Waals surface area contributed by atoms with E-state index in [1.807, 2.05) is 30.1 Å². The maximum Gasteiger partial charge on any atom is 0.233 e. The van der Waals surface area contributed by atoms with Crippen molar-refractivity contribution in [1.29, 1.82) is 0 Å². The van der Waals surface area contributed by atoms with Crippen molar-refractivity contribution in [3.05, 3.63) is 35.9 Å². The van der Waals surface area contributed by atoms with Crippen molar-refractivity contribution in [2.45, 2.75) is 44.6 Å². The molecule has 0 aliphatic carbocycles. The van der Waals surface area contributed by atoms with Crippen LogP contribution < -0.4 is 5.32 Å². The van der Waals surface area contributed by atoms with Gasteiger partial charge in [0.25, 0.3) is 0 Å². The summed E-state index contributed by atoms with van der Waals surface area (Å²) in [7, 11) is 1.95. The lowest BCUT2D eigenvalue weighted by Crippen LogP contribution is -2.53. The Labute approximate surface area is 122 Å². The van der Waals surface area contributed by atoms with Crippen molar-refractivity contribution >= 4 is 5.91 Å². The highest BCUT2D eigenvalue weighted by Crippen LogP contribution is 2.35. The number of likely N-dealkylation sites (N-methyl/N-ethyl adjacent to an activating group) is 1. The molecule has 1 atom stereocenters. The quantitative estimate of drug-likeness (QED) is 0.915. The lowest BCUT2D eigenvalue weighted by molar-refractivity contribution is -0.139. The van der Waals surface area contributed by atoms with E-state index in [0.717, 1.165) is 32.4 Å². The van der Waals surface area contributed by atoms with Crippen LogP contribution in [0, 0.1) is 0 Å². The summed E-state index contributed by atoms with van der Waals surface area (Å²) in [6.45, 7) is 6.08. The fourth-order valence-electron chi connectivity index (χ4n) is 3.05. The zero-order chi connectivity index (χ0) is 14.6. The lowest BCUT2D eigenvalue weighted by Gasteiger charge is -2.41. The maximum atomic E-state index is 13.1. The molecule has 1 amide bonds. The van der Waals surface area contributed by atoms with Gasteiger partial charge in [-0.05, 0) is 44.8 Å². The number of hydrogen-bond acceptors (Lipinski definition) is 2. The molecule has 0 saturated carbocycles. The number of rotatable bonds is 4. The highest BCUT2D eigenvalue weighted by molar-refractivity contribution is 5.88. The van der Waals surface area contributed by atoms with Crippen LogP contribution >= 0.6 is 0 Å². The first-order valence-electron chi connectivity index (χ1n) is 7.65. The molecule has 0 spiro atoms. The Hall–Kier alpha value is -1.35. The molecule has 1 fully saturated rings. The summed E-state index contributed by atoms with van der Waals surface area (Å²) in [5.41, 5.74) is 0.826. The van der Waals surface area contributed by atoms with Crippen molar-refractivity contribution < 1.29 is 4.79 Å². The van der Waals surface area contributed by atoms with E-state index in [-0.39, 0.29) is 17.4 Å². The van der Waals surface area contributed by atoms with E-state index in [0.29, 0.717) is 0 Å². The highest BCUT2D eigenvalue weighted by atomic mass is 16.2. The molecule has 1 heterocycles. The van der Waals surface area contributed by atoms with Crippen molar-refractivity contribution in [2.24, 2.45) is 0 Å². The third kappa shape index (κ3) is 2.73. The molecule has 3 heteroatoms. The van der Waals surface area contributed by atoms with Gasteiger partial charge in [-0.3, -0.25) is 4.79 Å². The fourth-order valence-corrected chi connectivity index (χ4v) is 3.05. The van der Waals surface area contributed by atoms with E-state index in [2.05, 4.69) is 31.3 Å². The predicted octanol–water partition coefficient (Wildman–Crippen LogP) is 2.56. The normalized spacial score (nSPS) is 19.4. The Morgan fingerprint density at radius 1 is 1.30 bits per heavy atom. The molecule has 20 heavy (non-hydrogen) atoms. The Kier molecular flexibility index (Phi) is 4.81. The van der Waals surface area contributed by atoms with Gasteiger partial charge in [-0.25, -0.2) is 0 Å². The Balaban J connectivity index is 2.35. The fraction of sp³-hybridized carbons (Fsp3) is 0.588. The van der Waals surface area contributed by atoms with Crippen LogP contribution in [-0.4, -0.2) is 37.0 Å². The third-order valence-corrected chi connectivity index (χ3v) is 4.77. The largest absolute Gasteiger partial charge is 0.342 e. The second-order valence-corrected chi connectivity index (χ2v) is 5.87. The monoisotopic (exact) mass is 274 g/mol. The van der Waals surface area contributed by atoms with Gasteiger partial charge in [0.2, 0.25) is 5.91 Å². The minimum absolute atomic E-state index is 0.277. The maximum absolute atomic E-state index is 13.1. The van der Waals surface area contributed by atoms with Crippen LogP contribution in [0.3, 0.4) is 0 Å². The van der Waals surface area contributed by atoms with Crippen LogP contribution in [0.2, 0.25) is 0 Å². The molecule has 3 nitrogen and oxygen atoms in total. The standard InChI is InChI=1S/C17H26N2O/c1-4-14(2)19(3)16(20)17(10-12-18-13-11-17)15-8-6-5-7-9-15/h5-9,14,18H,4,10-13H2,1-3H3. The van der Waals surface area contributed by atoms with Gasteiger partial charge in [0.1, 0.15) is 0 Å². The van der Waals surface area contributed by atoms with Gasteiger partial charge in [-0.2, -0.15) is 0 Å². The van der Waals surface area contributed by atoms with Gasteiger partial charge in [0.05, 0.1) is 5.41 Å². The number of hydrogen-bond donors (Lipinski definition) is 1. The van der Waals surface area contributed by atoms with E-state index in [4.69, 9.17) is 0 Å². The van der Waals surface area contributed by atoms with Crippen molar-refractivity contribution in [2.75, 3.05) is 20.1 Å². The first-order chi connectivity index (χ1) is 9.62. The summed E-state index contributed by atoms with van der Waals surface area (Å²) in [6.07, 6.45) is 2.76. The predicted molar refractivity (Wildman–Crippen MR) is 82.7 cm³/mol. The first kappa shape index (κ1) is 15.0. The molecular formula is C17H26N2O. The first-order valence-corrected chi connectivity index (χ1v) is 7.65. The second kappa shape index (κ2) is 6.40. The minimum atomic E-state index is -0.343. The third-order valence-electron chi connectivity index (χ3n) is 4.77. The van der Waals surface area contributed by atoms with Crippen molar-refractivity contribution in [3.63, 3.8) is 0 Å². The summed E-state index contributed by atoms with van der Waals surface area (Å²) < 4.78 is 0. The molecule has 1 aromatic carbocycles. The smallest absolute Gasteiger partial charge is 0.233 e. The number of carbonyl (C=O) groups is 1. The van der Waals surface area contributed by atoms with Gasteiger partial charge < -0.3 is 10.2 Å². The molecule has 0 aromatic heterocycles. The number of nitrogens with zero attached hydrogens (tertiary/aromatic N) is 1. The van der Waals surface area contributed by atoms with E-state index in [1.54, 1.807) is 0 Å². The van der Waals surface area contributed by atoms with Crippen LogP contribution in [0.25, 0.3) is 0 Å². The Morgan fingerprint density at radius 3 is 2.45 bits per heavy atom. The molecule has 110 valence electrons. The molecule has 1 aliphatic heterocycles. The van der Waals surface area contributed by atoms with Crippen molar-refractivity contribution in [1.82, 2.24) is 10.2 Å². The van der Waals surface area contributed by atoms with Crippen LogP contribution in [-0.2, 0) is 10.2 Å². The lowest BCUT2D eigenvalue weighted by atomic mass is 9.72. The van der Waals surface area contributed by atoms with Crippen LogP contribution in [0.4, 0.5) is 0 Å². The number of nitrogens with one attached hydrogen (secondary N) is 1. The van der Waals surface area contributed by atoms with Gasteiger partial charge in [-0.15, -0.1) is 0 Å². The Morgan fingerprint density at radius 2 is 1.90 bits per heavy atom. The molecule has 1 aliphatic rings. The molecule has 1 unspecified atom stereocenters. The molecular weight excluding hydrogens is 248 g/mol. The zero-order valence-electron chi connectivity index (χ0n) is 12.9. The van der Waals surface area contributed by atoms with Crippen molar-refractivity contribution in [3.8, 4) is 0 Å². The minimum Gasteiger partial charge on any atom is -0.342 e. The molecule has 1 saturated heterocycles. The van der Waals surface area contributed by atoms with Gasteiger partial charge in [0, 0.05) is 13.1 Å². The SMILES string of the molecule is CCC(C)N(C)C(=O)C1(c2ccccc2)CCNCC1. The number of amides is 1. The van der Waals surface area contributed by atoms with Gasteiger partial charge >= 0.3 is 0 Å². The Bertz CT molecular complexity index is 438. The highest BCUT2D eigenvalue weighted by Gasteiger charge is 2.43. The molecule has 2 rings (SSSR count). The second-order valence-electron chi connectivity index (χ2n) is 5.87. The molecule has 0 radical (unpaired) electrons. The summed E-state index contributed by atoms with van der Waals surface area (Å²) in [5.74, 6) is 0.277.